The molecule has 0 saturated heterocycles. The normalized spacial score (nSPS) is 10.1. The molecule has 0 spiro atoms. The van der Waals surface area contributed by atoms with Gasteiger partial charge in [0.1, 0.15) is 0 Å². The summed E-state index contributed by atoms with van der Waals surface area (Å²) in [5.74, 6) is 0.106. The van der Waals surface area contributed by atoms with Gasteiger partial charge in [0.15, 0.2) is 0 Å². The first-order valence-corrected chi connectivity index (χ1v) is 5.96. The Bertz CT molecular complexity index is 386. The van der Waals surface area contributed by atoms with Crippen LogP contribution in [-0.2, 0) is 4.79 Å². The lowest BCUT2D eigenvalue weighted by molar-refractivity contribution is -0.128. The van der Waals surface area contributed by atoms with Crippen LogP contribution >= 0.6 is 0 Å². The molecule has 1 rings (SSSR count). The van der Waals surface area contributed by atoms with Crippen molar-refractivity contribution in [1.82, 2.24) is 4.90 Å². The molecule has 3 N–H and O–H groups in total. The molecule has 0 aliphatic carbocycles. The van der Waals surface area contributed by atoms with Crippen LogP contribution in [0.25, 0.3) is 0 Å². The molecule has 4 heteroatoms. The van der Waals surface area contributed by atoms with E-state index in [1.807, 2.05) is 39.0 Å². The minimum absolute atomic E-state index is 0.106. The van der Waals surface area contributed by atoms with Gasteiger partial charge in [-0.2, -0.15) is 0 Å². The molecule has 0 aromatic heterocycles. The lowest BCUT2D eigenvalue weighted by Crippen LogP contribution is -2.35. The van der Waals surface area contributed by atoms with Crippen LogP contribution in [0.2, 0.25) is 0 Å². The number of rotatable bonds is 5. The molecular formula is C13H21N3O. The quantitative estimate of drug-likeness (QED) is 0.766. The van der Waals surface area contributed by atoms with Crippen molar-refractivity contribution < 1.29 is 4.79 Å². The highest BCUT2D eigenvalue weighted by Gasteiger charge is 2.08. The molecular weight excluding hydrogens is 214 g/mol. The minimum atomic E-state index is 0.106. The maximum absolute atomic E-state index is 11.8. The van der Waals surface area contributed by atoms with Gasteiger partial charge in [-0.15, -0.1) is 0 Å². The molecule has 0 atom stereocenters. The number of anilines is 2. The number of hydrogen-bond acceptors (Lipinski definition) is 3. The number of carbonyl (C=O) groups is 1. The number of amides is 1. The number of benzene rings is 1. The van der Waals surface area contributed by atoms with E-state index >= 15 is 0 Å². The van der Waals surface area contributed by atoms with Gasteiger partial charge in [-0.05, 0) is 38.5 Å². The van der Waals surface area contributed by atoms with Crippen molar-refractivity contribution in [2.45, 2.75) is 20.8 Å². The van der Waals surface area contributed by atoms with E-state index in [1.54, 1.807) is 4.90 Å². The fourth-order valence-electron chi connectivity index (χ4n) is 1.62. The fourth-order valence-corrected chi connectivity index (χ4v) is 1.62. The second-order valence-corrected chi connectivity index (χ2v) is 3.99. The Morgan fingerprint density at radius 2 is 2.00 bits per heavy atom. The molecule has 0 aliphatic heterocycles. The Morgan fingerprint density at radius 1 is 1.35 bits per heavy atom. The Balaban J connectivity index is 2.55. The molecule has 0 radical (unpaired) electrons. The van der Waals surface area contributed by atoms with Gasteiger partial charge >= 0.3 is 0 Å². The van der Waals surface area contributed by atoms with Crippen LogP contribution in [0.3, 0.4) is 0 Å². The van der Waals surface area contributed by atoms with E-state index in [1.165, 1.54) is 0 Å². The molecule has 0 heterocycles. The molecule has 0 saturated carbocycles. The summed E-state index contributed by atoms with van der Waals surface area (Å²) in [4.78, 5) is 13.6. The number of aryl methyl sites for hydroxylation is 1. The third-order valence-electron chi connectivity index (χ3n) is 2.84. The maximum Gasteiger partial charge on any atom is 0.241 e. The van der Waals surface area contributed by atoms with E-state index in [0.717, 1.165) is 30.0 Å². The van der Waals surface area contributed by atoms with Crippen molar-refractivity contribution >= 4 is 17.3 Å². The van der Waals surface area contributed by atoms with Crippen LogP contribution in [-0.4, -0.2) is 30.4 Å². The van der Waals surface area contributed by atoms with E-state index in [4.69, 9.17) is 5.73 Å². The summed E-state index contributed by atoms with van der Waals surface area (Å²) in [7, 11) is 0. The number of hydrogen-bond donors (Lipinski definition) is 2. The lowest BCUT2D eigenvalue weighted by atomic mass is 10.2. The first-order chi connectivity index (χ1) is 8.08. The highest BCUT2D eigenvalue weighted by Crippen LogP contribution is 2.16. The lowest BCUT2D eigenvalue weighted by Gasteiger charge is -2.19. The third-order valence-corrected chi connectivity index (χ3v) is 2.84. The van der Waals surface area contributed by atoms with Crippen molar-refractivity contribution in [3.8, 4) is 0 Å². The molecule has 4 nitrogen and oxygen atoms in total. The third kappa shape index (κ3) is 3.66. The number of carbonyl (C=O) groups excluding carboxylic acids is 1. The van der Waals surface area contributed by atoms with Gasteiger partial charge in [0.2, 0.25) is 5.91 Å². The van der Waals surface area contributed by atoms with E-state index in [0.29, 0.717) is 6.54 Å². The summed E-state index contributed by atoms with van der Waals surface area (Å²) >= 11 is 0. The molecule has 1 aromatic carbocycles. The molecule has 17 heavy (non-hydrogen) atoms. The van der Waals surface area contributed by atoms with Crippen LogP contribution < -0.4 is 11.1 Å². The number of nitrogen functional groups attached to an aromatic ring is 1. The van der Waals surface area contributed by atoms with Crippen LogP contribution in [0.4, 0.5) is 11.4 Å². The minimum Gasteiger partial charge on any atom is -0.398 e. The van der Waals surface area contributed by atoms with Crippen LogP contribution in [0.5, 0.6) is 0 Å². The second-order valence-electron chi connectivity index (χ2n) is 3.99. The average molecular weight is 235 g/mol. The zero-order chi connectivity index (χ0) is 12.8. The first-order valence-electron chi connectivity index (χ1n) is 5.96. The SMILES string of the molecule is CCN(CC)C(=O)CNc1ccc(C)c(N)c1. The Morgan fingerprint density at radius 3 is 2.53 bits per heavy atom. The van der Waals surface area contributed by atoms with Crippen LogP contribution in [0.1, 0.15) is 19.4 Å². The summed E-state index contributed by atoms with van der Waals surface area (Å²) in [5, 5.41) is 3.09. The molecule has 1 amide bonds. The van der Waals surface area contributed by atoms with Crippen molar-refractivity contribution in [2.24, 2.45) is 0 Å². The molecule has 0 aliphatic rings. The van der Waals surface area contributed by atoms with E-state index in [9.17, 15) is 4.79 Å². The average Bonchev–Trinajstić information content (AvgIpc) is 2.32. The predicted molar refractivity (Wildman–Crippen MR) is 72.0 cm³/mol. The summed E-state index contributed by atoms with van der Waals surface area (Å²) < 4.78 is 0. The van der Waals surface area contributed by atoms with E-state index < -0.39 is 0 Å². The van der Waals surface area contributed by atoms with Gasteiger partial charge in [0.25, 0.3) is 0 Å². The van der Waals surface area contributed by atoms with Crippen LogP contribution in [0, 0.1) is 6.92 Å². The first kappa shape index (κ1) is 13.4. The van der Waals surface area contributed by atoms with E-state index in [-0.39, 0.29) is 5.91 Å². The monoisotopic (exact) mass is 235 g/mol. The van der Waals surface area contributed by atoms with Crippen LogP contribution in [0.15, 0.2) is 18.2 Å². The van der Waals surface area contributed by atoms with Crippen molar-refractivity contribution in [2.75, 3.05) is 30.7 Å². The van der Waals surface area contributed by atoms with Gasteiger partial charge in [0.05, 0.1) is 6.54 Å². The Labute approximate surface area is 103 Å². The zero-order valence-corrected chi connectivity index (χ0v) is 10.8. The van der Waals surface area contributed by atoms with Gasteiger partial charge in [0, 0.05) is 24.5 Å². The standard InChI is InChI=1S/C13H21N3O/c1-4-16(5-2)13(17)9-15-11-7-6-10(3)12(14)8-11/h6-8,15H,4-5,9,14H2,1-3H3. The number of nitrogens with two attached hydrogens (primary N) is 1. The smallest absolute Gasteiger partial charge is 0.241 e. The maximum atomic E-state index is 11.8. The van der Waals surface area contributed by atoms with Gasteiger partial charge < -0.3 is 16.0 Å². The van der Waals surface area contributed by atoms with Gasteiger partial charge in [-0.3, -0.25) is 4.79 Å². The summed E-state index contributed by atoms with van der Waals surface area (Å²) in [6.07, 6.45) is 0. The molecule has 0 unspecified atom stereocenters. The Hall–Kier alpha value is -1.71. The van der Waals surface area contributed by atoms with Crippen molar-refractivity contribution in [3.05, 3.63) is 23.8 Å². The summed E-state index contributed by atoms with van der Waals surface area (Å²) in [6, 6.07) is 5.73. The van der Waals surface area contributed by atoms with Gasteiger partial charge in [-0.1, -0.05) is 6.07 Å². The number of likely N-dealkylation sites (N-methyl/N-ethyl adjacent to an activating group) is 1. The van der Waals surface area contributed by atoms with E-state index in [2.05, 4.69) is 5.32 Å². The topological polar surface area (TPSA) is 58.4 Å². The summed E-state index contributed by atoms with van der Waals surface area (Å²) in [5.41, 5.74) is 8.47. The van der Waals surface area contributed by atoms with Crippen molar-refractivity contribution in [3.63, 3.8) is 0 Å². The molecule has 0 fully saturated rings. The highest BCUT2D eigenvalue weighted by atomic mass is 16.2. The molecule has 0 bridgehead atoms. The number of nitrogens with zero attached hydrogens (tertiary/aromatic N) is 1. The fraction of sp³-hybridized carbons (Fsp3) is 0.462. The molecule has 94 valence electrons. The van der Waals surface area contributed by atoms with Gasteiger partial charge in [-0.25, -0.2) is 0 Å². The predicted octanol–water partition coefficient (Wildman–Crippen LogP) is 1.86. The largest absolute Gasteiger partial charge is 0.398 e. The number of nitrogens with one attached hydrogen (secondary N) is 1. The van der Waals surface area contributed by atoms with Crippen molar-refractivity contribution in [1.29, 1.82) is 0 Å². The Kier molecular flexibility index (Phi) is 4.82. The summed E-state index contributed by atoms with van der Waals surface area (Å²) in [6.45, 7) is 7.71. The zero-order valence-electron chi connectivity index (χ0n) is 10.8. The highest BCUT2D eigenvalue weighted by molar-refractivity contribution is 5.81. The second kappa shape index (κ2) is 6.13. The molecule has 1 aromatic rings.